The molecule has 1 atom stereocenters. The predicted octanol–water partition coefficient (Wildman–Crippen LogP) is 3.06. The van der Waals surface area contributed by atoms with E-state index >= 15 is 0 Å². The van der Waals surface area contributed by atoms with Gasteiger partial charge in [-0.15, -0.1) is 12.4 Å². The van der Waals surface area contributed by atoms with Gasteiger partial charge in [-0.3, -0.25) is 4.79 Å². The number of amides is 1. The highest BCUT2D eigenvalue weighted by molar-refractivity contribution is 5.85. The molecule has 0 aromatic heterocycles. The molecule has 1 amide bonds. The van der Waals surface area contributed by atoms with Gasteiger partial charge in [-0.25, -0.2) is 0 Å². The average molecular weight is 311 g/mol. The number of rotatable bonds is 6. The number of carbonyl (C=O) groups excluding carboxylic acids is 1. The summed E-state index contributed by atoms with van der Waals surface area (Å²) in [4.78, 5) is 11.8. The molecule has 4 heteroatoms. The first-order chi connectivity index (χ1) is 9.60. The van der Waals surface area contributed by atoms with Crippen LogP contribution in [0.2, 0.25) is 0 Å². The molecule has 0 radical (unpaired) electrons. The van der Waals surface area contributed by atoms with Crippen LogP contribution in [-0.4, -0.2) is 18.5 Å². The molecule has 1 saturated carbocycles. The van der Waals surface area contributed by atoms with Crippen LogP contribution in [0.4, 0.5) is 0 Å². The van der Waals surface area contributed by atoms with Crippen molar-refractivity contribution in [1.29, 1.82) is 0 Å². The summed E-state index contributed by atoms with van der Waals surface area (Å²) in [6.45, 7) is 2.66. The number of nitrogens with two attached hydrogens (primary N) is 1. The molecule has 0 heterocycles. The summed E-state index contributed by atoms with van der Waals surface area (Å²) in [5, 5.41) is 3.10. The highest BCUT2D eigenvalue weighted by Gasteiger charge is 2.34. The number of hydrogen-bond donors (Lipinski definition) is 2. The Kier molecular flexibility index (Phi) is 7.20. The summed E-state index contributed by atoms with van der Waals surface area (Å²) >= 11 is 0. The summed E-state index contributed by atoms with van der Waals surface area (Å²) < 4.78 is 0. The quantitative estimate of drug-likeness (QED) is 0.848. The topological polar surface area (TPSA) is 55.1 Å². The predicted molar refractivity (Wildman–Crippen MR) is 89.6 cm³/mol. The van der Waals surface area contributed by atoms with Crippen molar-refractivity contribution in [2.45, 2.75) is 51.5 Å². The minimum atomic E-state index is -0.0661. The normalized spacial score (nSPS) is 17.8. The Morgan fingerprint density at radius 3 is 2.48 bits per heavy atom. The minimum Gasteiger partial charge on any atom is -0.355 e. The molecule has 3 N–H and O–H groups in total. The van der Waals surface area contributed by atoms with Crippen molar-refractivity contribution in [2.75, 3.05) is 6.54 Å². The fraction of sp³-hybridized carbons (Fsp3) is 0.588. The van der Waals surface area contributed by atoms with E-state index in [0.29, 0.717) is 6.42 Å². The van der Waals surface area contributed by atoms with E-state index < -0.39 is 0 Å². The van der Waals surface area contributed by atoms with Crippen molar-refractivity contribution in [3.05, 3.63) is 35.9 Å². The zero-order valence-electron chi connectivity index (χ0n) is 12.8. The van der Waals surface area contributed by atoms with Gasteiger partial charge in [-0.1, -0.05) is 43.2 Å². The number of hydrogen-bond acceptors (Lipinski definition) is 2. The van der Waals surface area contributed by atoms with Gasteiger partial charge < -0.3 is 11.1 Å². The van der Waals surface area contributed by atoms with E-state index in [1.54, 1.807) is 0 Å². The third-order valence-electron chi connectivity index (χ3n) is 4.25. The molecule has 1 aliphatic rings. The monoisotopic (exact) mass is 310 g/mol. The molecule has 2 rings (SSSR count). The van der Waals surface area contributed by atoms with Crippen LogP contribution in [-0.2, 0) is 11.2 Å². The Hall–Kier alpha value is -1.06. The Morgan fingerprint density at radius 1 is 1.29 bits per heavy atom. The third-order valence-corrected chi connectivity index (χ3v) is 4.25. The molecule has 1 aromatic carbocycles. The van der Waals surface area contributed by atoms with Gasteiger partial charge in [0, 0.05) is 19.0 Å². The summed E-state index contributed by atoms with van der Waals surface area (Å²) in [5.74, 6) is 0.0827. The van der Waals surface area contributed by atoms with E-state index in [0.717, 1.165) is 13.0 Å². The lowest BCUT2D eigenvalue weighted by Gasteiger charge is -2.29. The first-order valence-electron chi connectivity index (χ1n) is 7.66. The molecule has 0 saturated heterocycles. The molecule has 1 unspecified atom stereocenters. The van der Waals surface area contributed by atoms with E-state index in [1.807, 2.05) is 6.92 Å². The lowest BCUT2D eigenvalue weighted by atomic mass is 9.80. The summed E-state index contributed by atoms with van der Waals surface area (Å²) in [7, 11) is 0. The van der Waals surface area contributed by atoms with Crippen molar-refractivity contribution < 1.29 is 4.79 Å². The van der Waals surface area contributed by atoms with Crippen molar-refractivity contribution in [3.8, 4) is 0 Å². The van der Waals surface area contributed by atoms with Crippen LogP contribution in [0.3, 0.4) is 0 Å². The van der Waals surface area contributed by atoms with Crippen LogP contribution in [0, 0.1) is 5.41 Å². The lowest BCUT2D eigenvalue weighted by molar-refractivity contribution is -0.121. The van der Waals surface area contributed by atoms with Gasteiger partial charge in [0.05, 0.1) is 0 Å². The summed E-state index contributed by atoms with van der Waals surface area (Å²) in [6, 6.07) is 10.5. The second kappa shape index (κ2) is 8.40. The Morgan fingerprint density at radius 2 is 1.90 bits per heavy atom. The standard InChI is InChI=1S/C17H26N2O.ClH/c1-14(18)11-16(20)19-13-17(9-5-6-10-17)12-15-7-3-2-4-8-15;/h2-4,7-8,14H,5-6,9-13,18H2,1H3,(H,19,20);1H. The Labute approximate surface area is 134 Å². The number of carbonyl (C=O) groups is 1. The fourth-order valence-corrected chi connectivity index (χ4v) is 3.22. The van der Waals surface area contributed by atoms with Gasteiger partial charge >= 0.3 is 0 Å². The van der Waals surface area contributed by atoms with Crippen LogP contribution in [0.1, 0.15) is 44.6 Å². The van der Waals surface area contributed by atoms with Crippen LogP contribution in [0.25, 0.3) is 0 Å². The van der Waals surface area contributed by atoms with Gasteiger partial charge in [-0.05, 0) is 37.2 Å². The maximum Gasteiger partial charge on any atom is 0.221 e. The van der Waals surface area contributed by atoms with Crippen LogP contribution in [0.5, 0.6) is 0 Å². The average Bonchev–Trinajstić information content (AvgIpc) is 2.86. The maximum absolute atomic E-state index is 11.8. The Bertz CT molecular complexity index is 428. The van der Waals surface area contributed by atoms with Crippen LogP contribution < -0.4 is 11.1 Å². The highest BCUT2D eigenvalue weighted by Crippen LogP contribution is 2.40. The lowest BCUT2D eigenvalue weighted by Crippen LogP contribution is -2.39. The number of nitrogens with one attached hydrogen (secondary N) is 1. The molecule has 0 bridgehead atoms. The van der Waals surface area contributed by atoms with Crippen LogP contribution >= 0.6 is 12.4 Å². The van der Waals surface area contributed by atoms with Gasteiger partial charge in [-0.2, -0.15) is 0 Å². The SMILES string of the molecule is CC(N)CC(=O)NCC1(Cc2ccccc2)CCCC1.Cl. The molecule has 21 heavy (non-hydrogen) atoms. The second-order valence-electron chi connectivity index (χ2n) is 6.33. The minimum absolute atomic E-state index is 0. The van der Waals surface area contributed by atoms with Crippen LogP contribution in [0.15, 0.2) is 30.3 Å². The van der Waals surface area contributed by atoms with E-state index in [2.05, 4.69) is 35.6 Å². The number of halogens is 1. The van der Waals surface area contributed by atoms with Crippen molar-refractivity contribution >= 4 is 18.3 Å². The molecule has 1 aliphatic carbocycles. The Balaban J connectivity index is 0.00000220. The highest BCUT2D eigenvalue weighted by atomic mass is 35.5. The smallest absolute Gasteiger partial charge is 0.221 e. The molecule has 0 aliphatic heterocycles. The van der Waals surface area contributed by atoms with E-state index in [9.17, 15) is 4.79 Å². The zero-order chi connectivity index (χ0) is 14.4. The molecular weight excluding hydrogens is 284 g/mol. The summed E-state index contributed by atoms with van der Waals surface area (Å²) in [5.41, 5.74) is 7.29. The first-order valence-corrected chi connectivity index (χ1v) is 7.66. The second-order valence-corrected chi connectivity index (χ2v) is 6.33. The zero-order valence-corrected chi connectivity index (χ0v) is 13.6. The van der Waals surface area contributed by atoms with Gasteiger partial charge in [0.1, 0.15) is 0 Å². The summed E-state index contributed by atoms with van der Waals surface area (Å²) in [6.07, 6.45) is 6.44. The molecule has 1 fully saturated rings. The van der Waals surface area contributed by atoms with Crippen molar-refractivity contribution in [1.82, 2.24) is 5.32 Å². The largest absolute Gasteiger partial charge is 0.355 e. The molecule has 3 nitrogen and oxygen atoms in total. The fourth-order valence-electron chi connectivity index (χ4n) is 3.22. The number of benzene rings is 1. The molecular formula is C17H27ClN2O. The van der Waals surface area contributed by atoms with Crippen molar-refractivity contribution in [2.24, 2.45) is 11.1 Å². The van der Waals surface area contributed by atoms with E-state index in [-0.39, 0.29) is 29.8 Å². The van der Waals surface area contributed by atoms with E-state index in [1.165, 1.54) is 31.2 Å². The van der Waals surface area contributed by atoms with Gasteiger partial charge in [0.2, 0.25) is 5.91 Å². The van der Waals surface area contributed by atoms with Gasteiger partial charge in [0.15, 0.2) is 0 Å². The molecule has 1 aromatic rings. The molecule has 118 valence electrons. The maximum atomic E-state index is 11.8. The molecule has 0 spiro atoms. The third kappa shape index (κ3) is 5.68. The van der Waals surface area contributed by atoms with Crippen molar-refractivity contribution in [3.63, 3.8) is 0 Å². The van der Waals surface area contributed by atoms with Gasteiger partial charge in [0.25, 0.3) is 0 Å². The first kappa shape index (κ1) is 18.0. The van der Waals surface area contributed by atoms with E-state index in [4.69, 9.17) is 5.73 Å².